The number of carbonyl (C=O) groups is 2. The number of hydrogen-bond donors (Lipinski definition) is 2. The number of benzene rings is 2. The first-order valence-corrected chi connectivity index (χ1v) is 10.4. The molecule has 7 nitrogen and oxygen atoms in total. The van der Waals surface area contributed by atoms with Crippen molar-refractivity contribution in [1.82, 2.24) is 10.2 Å². The van der Waals surface area contributed by atoms with Gasteiger partial charge in [0, 0.05) is 6.42 Å². The van der Waals surface area contributed by atoms with E-state index < -0.39 is 17.7 Å². The van der Waals surface area contributed by atoms with Crippen LogP contribution < -0.4 is 10.1 Å². The van der Waals surface area contributed by atoms with E-state index in [1.165, 1.54) is 0 Å². The summed E-state index contributed by atoms with van der Waals surface area (Å²) in [6, 6.07) is 14.2. The van der Waals surface area contributed by atoms with Gasteiger partial charge in [0.2, 0.25) is 5.91 Å². The number of carboxylic acid groups (broad SMARTS) is 1. The summed E-state index contributed by atoms with van der Waals surface area (Å²) in [5.41, 5.74) is 2.26. The Morgan fingerprint density at radius 1 is 1.19 bits per heavy atom. The summed E-state index contributed by atoms with van der Waals surface area (Å²) in [6.07, 6.45) is -0.998. The van der Waals surface area contributed by atoms with Crippen LogP contribution in [0.25, 0.3) is 0 Å². The number of carbonyl (C=O) groups excluding carboxylic acids is 1. The van der Waals surface area contributed by atoms with Crippen LogP contribution in [0.3, 0.4) is 0 Å². The summed E-state index contributed by atoms with van der Waals surface area (Å²) >= 11 is 0. The van der Waals surface area contributed by atoms with Gasteiger partial charge in [-0.05, 0) is 42.7 Å². The van der Waals surface area contributed by atoms with Crippen molar-refractivity contribution in [2.75, 3.05) is 26.8 Å². The van der Waals surface area contributed by atoms with Crippen molar-refractivity contribution in [2.24, 2.45) is 0 Å². The summed E-state index contributed by atoms with van der Waals surface area (Å²) in [5, 5.41) is 11.7. The van der Waals surface area contributed by atoms with Crippen LogP contribution in [-0.4, -0.2) is 54.9 Å². The molecule has 7 heteroatoms. The van der Waals surface area contributed by atoms with Crippen molar-refractivity contribution in [3.05, 3.63) is 65.2 Å². The Morgan fingerprint density at radius 3 is 2.47 bits per heavy atom. The van der Waals surface area contributed by atoms with E-state index in [1.54, 1.807) is 31.1 Å². The van der Waals surface area contributed by atoms with Gasteiger partial charge >= 0.3 is 6.09 Å². The van der Waals surface area contributed by atoms with Crippen molar-refractivity contribution in [3.8, 4) is 17.6 Å². The molecule has 2 N–H and O–H groups in total. The summed E-state index contributed by atoms with van der Waals surface area (Å²) in [6.45, 7) is 4.69. The Kier molecular flexibility index (Phi) is 7.39. The van der Waals surface area contributed by atoms with Crippen LogP contribution in [0.1, 0.15) is 23.6 Å². The Morgan fingerprint density at radius 2 is 1.88 bits per heavy atom. The lowest BCUT2D eigenvalue weighted by atomic mass is 9.82. The van der Waals surface area contributed by atoms with Gasteiger partial charge in [-0.15, -0.1) is 5.92 Å². The molecule has 0 spiro atoms. The zero-order valence-corrected chi connectivity index (χ0v) is 18.6. The highest BCUT2D eigenvalue weighted by Crippen LogP contribution is 2.38. The van der Waals surface area contributed by atoms with E-state index >= 15 is 0 Å². The minimum Gasteiger partial charge on any atom is -0.497 e. The summed E-state index contributed by atoms with van der Waals surface area (Å²) < 4.78 is 11.3. The molecule has 1 heterocycles. The average Bonchev–Trinajstić information content (AvgIpc) is 2.75. The predicted octanol–water partition coefficient (Wildman–Crippen LogP) is 2.96. The van der Waals surface area contributed by atoms with E-state index in [-0.39, 0.29) is 18.9 Å². The predicted molar refractivity (Wildman–Crippen MR) is 120 cm³/mol. The molecule has 2 amide bonds. The zero-order valence-electron chi connectivity index (χ0n) is 18.6. The van der Waals surface area contributed by atoms with Crippen molar-refractivity contribution in [1.29, 1.82) is 0 Å². The molecule has 1 fully saturated rings. The average molecular weight is 437 g/mol. The van der Waals surface area contributed by atoms with Crippen LogP contribution in [0.5, 0.6) is 5.75 Å². The smallest absolute Gasteiger partial charge is 0.405 e. The van der Waals surface area contributed by atoms with Gasteiger partial charge in [0.1, 0.15) is 24.0 Å². The summed E-state index contributed by atoms with van der Waals surface area (Å²) in [7, 11) is 1.58. The minimum absolute atomic E-state index is 0.241. The first-order chi connectivity index (χ1) is 15.4. The third kappa shape index (κ3) is 5.21. The highest BCUT2D eigenvalue weighted by atomic mass is 16.5. The fourth-order valence-electron chi connectivity index (χ4n) is 3.96. The quantitative estimate of drug-likeness (QED) is 0.621. The molecule has 0 unspecified atom stereocenters. The molecule has 0 radical (unpaired) electrons. The molecule has 2 aromatic rings. The van der Waals surface area contributed by atoms with Gasteiger partial charge in [-0.2, -0.15) is 0 Å². The second-order valence-corrected chi connectivity index (χ2v) is 7.77. The Balaban J connectivity index is 1.77. The topological polar surface area (TPSA) is 88.1 Å². The fraction of sp³-hybridized carbons (Fsp3) is 0.360. The number of aryl methyl sites for hydroxylation is 1. The zero-order chi connectivity index (χ0) is 23.1. The molecule has 168 valence electrons. The highest BCUT2D eigenvalue weighted by Gasteiger charge is 2.49. The number of methoxy groups -OCH3 is 1. The number of rotatable bonds is 8. The Hall–Kier alpha value is -3.50. The van der Waals surface area contributed by atoms with Gasteiger partial charge in [0.15, 0.2) is 0 Å². The first kappa shape index (κ1) is 23.2. The number of amides is 2. The van der Waals surface area contributed by atoms with Crippen LogP contribution in [0.4, 0.5) is 4.79 Å². The molecule has 3 rings (SSSR count). The molecular weight excluding hydrogens is 408 g/mol. The molecule has 32 heavy (non-hydrogen) atoms. The van der Waals surface area contributed by atoms with Crippen molar-refractivity contribution in [2.45, 2.75) is 31.9 Å². The Bertz CT molecular complexity index is 1020. The lowest BCUT2D eigenvalue weighted by Gasteiger charge is -2.51. The molecule has 1 saturated heterocycles. The third-order valence-corrected chi connectivity index (χ3v) is 5.63. The number of nitrogens with one attached hydrogen (secondary N) is 1. The number of nitrogens with zero attached hydrogens (tertiary/aromatic N) is 1. The van der Waals surface area contributed by atoms with Crippen molar-refractivity contribution >= 4 is 12.0 Å². The first-order valence-electron chi connectivity index (χ1n) is 10.4. The Labute approximate surface area is 188 Å². The summed E-state index contributed by atoms with van der Waals surface area (Å²) in [4.78, 5) is 26.2. The molecule has 0 aliphatic carbocycles. The van der Waals surface area contributed by atoms with E-state index in [1.807, 2.05) is 43.3 Å². The van der Waals surface area contributed by atoms with Crippen LogP contribution in [-0.2, 0) is 21.6 Å². The van der Waals surface area contributed by atoms with Gasteiger partial charge in [0.05, 0.1) is 20.2 Å². The fourth-order valence-corrected chi connectivity index (χ4v) is 3.96. The SMILES string of the molecule is CC#CCOC1(c2ccccc2C)CN(C(=O)[C@@H](Cc2ccc(OC)cc2)NC(=O)O)C1. The van der Waals surface area contributed by atoms with Crippen LogP contribution in [0.2, 0.25) is 0 Å². The molecule has 1 aliphatic rings. The van der Waals surface area contributed by atoms with Gasteiger partial charge < -0.3 is 24.8 Å². The van der Waals surface area contributed by atoms with Gasteiger partial charge in [-0.1, -0.05) is 42.3 Å². The normalized spacial score (nSPS) is 15.0. The lowest BCUT2D eigenvalue weighted by molar-refractivity contribution is -0.170. The molecule has 2 aromatic carbocycles. The molecule has 0 bridgehead atoms. The number of ether oxygens (including phenoxy) is 2. The molecular formula is C25H28N2O5. The molecule has 1 aliphatic heterocycles. The number of hydrogen-bond acceptors (Lipinski definition) is 4. The van der Waals surface area contributed by atoms with E-state index in [2.05, 4.69) is 17.2 Å². The molecule has 1 atom stereocenters. The van der Waals surface area contributed by atoms with E-state index in [0.717, 1.165) is 16.7 Å². The van der Waals surface area contributed by atoms with Gasteiger partial charge in [-0.25, -0.2) is 4.79 Å². The maximum atomic E-state index is 13.2. The van der Waals surface area contributed by atoms with Crippen LogP contribution in [0, 0.1) is 18.8 Å². The summed E-state index contributed by atoms with van der Waals surface area (Å²) in [5.74, 6) is 6.16. The third-order valence-electron chi connectivity index (χ3n) is 5.63. The van der Waals surface area contributed by atoms with Gasteiger partial charge in [-0.3, -0.25) is 4.79 Å². The highest BCUT2D eigenvalue weighted by molar-refractivity contribution is 5.86. The van der Waals surface area contributed by atoms with Crippen LogP contribution >= 0.6 is 0 Å². The largest absolute Gasteiger partial charge is 0.497 e. The maximum absolute atomic E-state index is 13.2. The molecule has 0 saturated carbocycles. The monoisotopic (exact) mass is 436 g/mol. The number of likely N-dealkylation sites (tertiary alicyclic amines) is 1. The second kappa shape index (κ2) is 10.2. The molecule has 0 aromatic heterocycles. The lowest BCUT2D eigenvalue weighted by Crippen LogP contribution is -2.66. The van der Waals surface area contributed by atoms with E-state index in [9.17, 15) is 14.7 Å². The second-order valence-electron chi connectivity index (χ2n) is 7.77. The van der Waals surface area contributed by atoms with Crippen molar-refractivity contribution in [3.63, 3.8) is 0 Å². The van der Waals surface area contributed by atoms with E-state index in [0.29, 0.717) is 18.8 Å². The van der Waals surface area contributed by atoms with Crippen LogP contribution in [0.15, 0.2) is 48.5 Å². The minimum atomic E-state index is -1.24. The standard InChI is InChI=1S/C25H28N2O5/c1-4-5-14-32-25(21-9-7-6-8-18(21)2)16-27(17-25)23(28)22(26-24(29)30)15-19-10-12-20(31-3)13-11-19/h6-13,22,26H,14-17H2,1-3H3,(H,29,30)/t22-/m1/s1. The maximum Gasteiger partial charge on any atom is 0.405 e. The van der Waals surface area contributed by atoms with Crippen molar-refractivity contribution < 1.29 is 24.2 Å². The van der Waals surface area contributed by atoms with Gasteiger partial charge in [0.25, 0.3) is 0 Å². The van der Waals surface area contributed by atoms with E-state index in [4.69, 9.17) is 9.47 Å².